The van der Waals surface area contributed by atoms with Crippen molar-refractivity contribution in [2.24, 2.45) is 5.92 Å². The Morgan fingerprint density at radius 2 is 1.92 bits per heavy atom. The fourth-order valence-electron chi connectivity index (χ4n) is 4.59. The second-order valence-electron chi connectivity index (χ2n) is 7.46. The molecule has 0 radical (unpaired) electrons. The van der Waals surface area contributed by atoms with Gasteiger partial charge < -0.3 is 9.30 Å². The number of piperidine rings is 1. The molecule has 2 aliphatic rings. The normalized spacial score (nSPS) is 22.4. The maximum atomic E-state index is 12.4. The van der Waals surface area contributed by atoms with Crippen LogP contribution in [0.3, 0.4) is 0 Å². The van der Waals surface area contributed by atoms with Crippen LogP contribution in [0.25, 0.3) is 6.08 Å². The lowest BCUT2D eigenvalue weighted by Gasteiger charge is -2.43. The van der Waals surface area contributed by atoms with E-state index in [0.717, 1.165) is 31.9 Å². The molecule has 3 heterocycles. The lowest BCUT2D eigenvalue weighted by Crippen LogP contribution is -2.47. The number of ether oxygens (including phenoxy) is 1. The van der Waals surface area contributed by atoms with Crippen molar-refractivity contribution in [3.8, 4) is 5.75 Å². The first-order valence-corrected chi connectivity index (χ1v) is 9.39. The minimum absolute atomic E-state index is 0.145. The Balaban J connectivity index is 1.59. The highest BCUT2D eigenvalue weighted by Crippen LogP contribution is 2.37. The summed E-state index contributed by atoms with van der Waals surface area (Å²) < 4.78 is 7.28. The van der Waals surface area contributed by atoms with Gasteiger partial charge in [0.25, 0.3) is 5.56 Å². The van der Waals surface area contributed by atoms with E-state index in [4.69, 9.17) is 4.74 Å². The zero-order chi connectivity index (χ0) is 18.1. The van der Waals surface area contributed by atoms with Crippen molar-refractivity contribution in [2.45, 2.75) is 32.4 Å². The van der Waals surface area contributed by atoms with Crippen LogP contribution in [0, 0.1) is 5.92 Å². The Morgan fingerprint density at radius 3 is 2.65 bits per heavy atom. The van der Waals surface area contributed by atoms with Crippen LogP contribution in [0.2, 0.25) is 0 Å². The van der Waals surface area contributed by atoms with E-state index in [1.165, 1.54) is 23.2 Å². The number of benzene rings is 1. The summed E-state index contributed by atoms with van der Waals surface area (Å²) in [4.78, 5) is 14.9. The standard InChI is InChI=1S/C22H26N2O2/c1-3-4-18-7-10-21(25)24-14-17-11-19(22(18)24)15-23(13-17)12-16-5-8-20(26-2)9-6-16/h3-10,17,19H,11-15H2,1-2H3/t17-,19-/m0/s1. The Kier molecular flexibility index (Phi) is 4.68. The van der Waals surface area contributed by atoms with Gasteiger partial charge in [0, 0.05) is 43.9 Å². The smallest absolute Gasteiger partial charge is 0.250 e. The summed E-state index contributed by atoms with van der Waals surface area (Å²) in [6.45, 7) is 5.89. The number of hydrogen-bond acceptors (Lipinski definition) is 3. The molecular formula is C22H26N2O2. The maximum absolute atomic E-state index is 12.4. The molecule has 0 aliphatic carbocycles. The Hall–Kier alpha value is -2.33. The zero-order valence-electron chi connectivity index (χ0n) is 15.5. The van der Waals surface area contributed by atoms with Gasteiger partial charge >= 0.3 is 0 Å². The summed E-state index contributed by atoms with van der Waals surface area (Å²) >= 11 is 0. The van der Waals surface area contributed by atoms with Crippen LogP contribution in [-0.4, -0.2) is 29.7 Å². The lowest BCUT2D eigenvalue weighted by molar-refractivity contribution is 0.114. The highest BCUT2D eigenvalue weighted by Gasteiger charge is 2.35. The molecule has 0 saturated carbocycles. The van der Waals surface area contributed by atoms with E-state index in [0.29, 0.717) is 11.8 Å². The first kappa shape index (κ1) is 17.1. The van der Waals surface area contributed by atoms with E-state index in [1.54, 1.807) is 13.2 Å². The quantitative estimate of drug-likeness (QED) is 0.846. The third kappa shape index (κ3) is 3.21. The molecule has 26 heavy (non-hydrogen) atoms. The zero-order valence-corrected chi connectivity index (χ0v) is 15.5. The Morgan fingerprint density at radius 1 is 1.12 bits per heavy atom. The molecule has 1 aromatic carbocycles. The van der Waals surface area contributed by atoms with Crippen LogP contribution < -0.4 is 10.3 Å². The fraction of sp³-hybridized carbons (Fsp3) is 0.409. The van der Waals surface area contributed by atoms with Gasteiger partial charge in [0.15, 0.2) is 0 Å². The average Bonchev–Trinajstić information content (AvgIpc) is 2.65. The second-order valence-corrected chi connectivity index (χ2v) is 7.46. The van der Waals surface area contributed by atoms with Gasteiger partial charge in [-0.15, -0.1) is 0 Å². The maximum Gasteiger partial charge on any atom is 0.250 e. The first-order chi connectivity index (χ1) is 12.7. The number of aromatic nitrogens is 1. The molecule has 1 fully saturated rings. The van der Waals surface area contributed by atoms with Crippen molar-refractivity contribution in [3.63, 3.8) is 0 Å². The van der Waals surface area contributed by atoms with Gasteiger partial charge in [0.05, 0.1) is 7.11 Å². The van der Waals surface area contributed by atoms with E-state index in [9.17, 15) is 4.79 Å². The van der Waals surface area contributed by atoms with E-state index < -0.39 is 0 Å². The van der Waals surface area contributed by atoms with Gasteiger partial charge in [-0.05, 0) is 48.6 Å². The molecule has 0 unspecified atom stereocenters. The molecule has 4 rings (SSSR count). The lowest BCUT2D eigenvalue weighted by atomic mass is 9.81. The summed E-state index contributed by atoms with van der Waals surface area (Å²) in [6, 6.07) is 12.0. The van der Waals surface area contributed by atoms with E-state index in [1.807, 2.05) is 29.7 Å². The van der Waals surface area contributed by atoms with Crippen LogP contribution in [0.15, 0.2) is 47.3 Å². The van der Waals surface area contributed by atoms with Gasteiger partial charge in [-0.1, -0.05) is 24.3 Å². The number of rotatable bonds is 4. The summed E-state index contributed by atoms with van der Waals surface area (Å²) in [7, 11) is 1.70. The summed E-state index contributed by atoms with van der Waals surface area (Å²) in [5.41, 5.74) is 3.88. The highest BCUT2D eigenvalue weighted by atomic mass is 16.5. The van der Waals surface area contributed by atoms with E-state index in [-0.39, 0.29) is 5.56 Å². The van der Waals surface area contributed by atoms with Crippen molar-refractivity contribution >= 4 is 6.08 Å². The van der Waals surface area contributed by atoms with Crippen LogP contribution in [0.5, 0.6) is 5.75 Å². The van der Waals surface area contributed by atoms with Crippen LogP contribution in [0.1, 0.15) is 36.1 Å². The third-order valence-corrected chi connectivity index (χ3v) is 5.61. The molecule has 4 heteroatoms. The topological polar surface area (TPSA) is 34.5 Å². The second kappa shape index (κ2) is 7.12. The van der Waals surface area contributed by atoms with Crippen molar-refractivity contribution in [2.75, 3.05) is 20.2 Å². The van der Waals surface area contributed by atoms with Gasteiger partial charge in [0.2, 0.25) is 0 Å². The van der Waals surface area contributed by atoms with Gasteiger partial charge in [-0.25, -0.2) is 0 Å². The molecule has 2 aromatic rings. The molecule has 1 saturated heterocycles. The number of pyridine rings is 1. The summed E-state index contributed by atoms with van der Waals surface area (Å²) in [5.74, 6) is 1.88. The van der Waals surface area contributed by atoms with Crippen LogP contribution in [-0.2, 0) is 13.1 Å². The first-order valence-electron chi connectivity index (χ1n) is 9.39. The molecule has 2 aliphatic heterocycles. The van der Waals surface area contributed by atoms with Gasteiger partial charge in [0.1, 0.15) is 5.75 Å². The fourth-order valence-corrected chi connectivity index (χ4v) is 4.59. The summed E-state index contributed by atoms with van der Waals surface area (Å²) in [6.07, 6.45) is 5.38. The van der Waals surface area contributed by atoms with Gasteiger partial charge in [-0.2, -0.15) is 0 Å². The third-order valence-electron chi connectivity index (χ3n) is 5.61. The van der Waals surface area contributed by atoms with E-state index >= 15 is 0 Å². The Labute approximate surface area is 154 Å². The minimum Gasteiger partial charge on any atom is -0.497 e. The molecule has 0 spiro atoms. The summed E-state index contributed by atoms with van der Waals surface area (Å²) in [5, 5.41) is 0. The number of hydrogen-bond donors (Lipinski definition) is 0. The molecule has 4 nitrogen and oxygen atoms in total. The highest BCUT2D eigenvalue weighted by molar-refractivity contribution is 5.53. The monoisotopic (exact) mass is 350 g/mol. The van der Waals surface area contributed by atoms with Crippen molar-refractivity contribution in [1.82, 2.24) is 9.47 Å². The molecule has 0 amide bonds. The Bertz CT molecular complexity index is 867. The number of methoxy groups -OCH3 is 1. The molecular weight excluding hydrogens is 324 g/mol. The van der Waals surface area contributed by atoms with Crippen LogP contribution >= 0.6 is 0 Å². The average molecular weight is 350 g/mol. The largest absolute Gasteiger partial charge is 0.497 e. The number of likely N-dealkylation sites (tertiary alicyclic amines) is 1. The molecule has 0 N–H and O–H groups in total. The number of allylic oxidation sites excluding steroid dienone is 1. The van der Waals surface area contributed by atoms with E-state index in [2.05, 4.69) is 29.2 Å². The SMILES string of the molecule is CC=Cc1ccc(=O)n2c1[C@H]1C[C@@H](CN(Cc3ccc(OC)cc3)C1)C2. The predicted octanol–water partition coefficient (Wildman–Crippen LogP) is 3.51. The van der Waals surface area contributed by atoms with Crippen LogP contribution in [0.4, 0.5) is 0 Å². The van der Waals surface area contributed by atoms with Crippen molar-refractivity contribution < 1.29 is 4.74 Å². The molecule has 2 bridgehead atoms. The predicted molar refractivity (Wildman–Crippen MR) is 105 cm³/mol. The molecule has 2 atom stereocenters. The number of fused-ring (bicyclic) bond motifs is 4. The van der Waals surface area contributed by atoms with Gasteiger partial charge in [-0.3, -0.25) is 9.69 Å². The molecule has 136 valence electrons. The van der Waals surface area contributed by atoms with Crippen molar-refractivity contribution in [1.29, 1.82) is 0 Å². The minimum atomic E-state index is 0.145. The van der Waals surface area contributed by atoms with Crippen molar-refractivity contribution in [3.05, 3.63) is 69.6 Å². The number of nitrogens with zero attached hydrogens (tertiary/aromatic N) is 2. The molecule has 1 aromatic heterocycles.